The maximum absolute atomic E-state index is 11.6. The summed E-state index contributed by atoms with van der Waals surface area (Å²) < 4.78 is 0. The Bertz CT molecular complexity index is 585. The molecule has 0 spiro atoms. The fourth-order valence-corrected chi connectivity index (χ4v) is 2.14. The van der Waals surface area contributed by atoms with Crippen LogP contribution in [0.1, 0.15) is 10.5 Å². The molecule has 5 nitrogen and oxygen atoms in total. The summed E-state index contributed by atoms with van der Waals surface area (Å²) in [7, 11) is 3.32. The van der Waals surface area contributed by atoms with Crippen LogP contribution in [0, 0.1) is 0 Å². The van der Waals surface area contributed by atoms with Crippen LogP contribution in [0.3, 0.4) is 0 Å². The predicted molar refractivity (Wildman–Crippen MR) is 72.3 cm³/mol. The van der Waals surface area contributed by atoms with Crippen LogP contribution in [0.5, 0.6) is 5.75 Å². The van der Waals surface area contributed by atoms with Crippen LogP contribution in [0.15, 0.2) is 46.3 Å². The summed E-state index contributed by atoms with van der Waals surface area (Å²) in [4.78, 5) is 13.8. The molecule has 0 aliphatic heterocycles. The maximum Gasteiger partial charge on any atom is 0.273 e. The number of nitrogens with zero attached hydrogens (tertiary/aromatic N) is 3. The third-order valence-electron chi connectivity index (χ3n) is 2.35. The predicted octanol–water partition coefficient (Wildman–Crippen LogP) is 2.04. The number of carbonyl (C=O) groups is 1. The van der Waals surface area contributed by atoms with Gasteiger partial charge in [-0.05, 0) is 24.3 Å². The number of aromatic nitrogens is 2. The monoisotopic (exact) mass is 275 g/mol. The van der Waals surface area contributed by atoms with E-state index < -0.39 is 0 Å². The number of phenolic OH excluding ortho intramolecular Hbond substituents is 1. The van der Waals surface area contributed by atoms with Crippen molar-refractivity contribution >= 4 is 17.7 Å². The lowest BCUT2D eigenvalue weighted by atomic mass is 10.3. The summed E-state index contributed by atoms with van der Waals surface area (Å²) in [5.74, 6) is 0.00866. The van der Waals surface area contributed by atoms with Gasteiger partial charge in [0.05, 0.1) is 4.90 Å². The van der Waals surface area contributed by atoms with Gasteiger partial charge in [0.15, 0.2) is 5.69 Å². The largest absolute Gasteiger partial charge is 0.507 e. The van der Waals surface area contributed by atoms with E-state index in [2.05, 4.69) is 10.2 Å². The SMILES string of the molecule is CN(C)C(=O)c1ccc(Sc2ccccc2O)nn1. The van der Waals surface area contributed by atoms with Gasteiger partial charge in [-0.25, -0.2) is 0 Å². The molecule has 0 fully saturated rings. The van der Waals surface area contributed by atoms with E-state index in [1.54, 1.807) is 44.4 Å². The molecule has 98 valence electrons. The number of para-hydroxylation sites is 1. The lowest BCUT2D eigenvalue weighted by Gasteiger charge is -2.08. The third-order valence-corrected chi connectivity index (χ3v) is 3.34. The number of hydrogen-bond donors (Lipinski definition) is 1. The quantitative estimate of drug-likeness (QED) is 0.928. The molecule has 0 bridgehead atoms. The zero-order valence-corrected chi connectivity index (χ0v) is 11.4. The lowest BCUT2D eigenvalue weighted by Crippen LogP contribution is -2.23. The second kappa shape index (κ2) is 5.71. The number of carbonyl (C=O) groups excluding carboxylic acids is 1. The highest BCUT2D eigenvalue weighted by Crippen LogP contribution is 2.32. The van der Waals surface area contributed by atoms with Gasteiger partial charge < -0.3 is 10.0 Å². The molecule has 0 radical (unpaired) electrons. The molecule has 6 heteroatoms. The van der Waals surface area contributed by atoms with Crippen LogP contribution >= 0.6 is 11.8 Å². The van der Waals surface area contributed by atoms with Crippen molar-refractivity contribution in [2.75, 3.05) is 14.1 Å². The van der Waals surface area contributed by atoms with Crippen molar-refractivity contribution < 1.29 is 9.90 Å². The Morgan fingerprint density at radius 1 is 1.16 bits per heavy atom. The van der Waals surface area contributed by atoms with Crippen LogP contribution < -0.4 is 0 Å². The van der Waals surface area contributed by atoms with Crippen LogP contribution in [0.25, 0.3) is 0 Å². The van der Waals surface area contributed by atoms with E-state index in [-0.39, 0.29) is 11.7 Å². The van der Waals surface area contributed by atoms with Gasteiger partial charge in [-0.1, -0.05) is 23.9 Å². The first-order chi connectivity index (χ1) is 9.08. The fraction of sp³-hybridized carbons (Fsp3) is 0.154. The topological polar surface area (TPSA) is 66.3 Å². The molecule has 19 heavy (non-hydrogen) atoms. The van der Waals surface area contributed by atoms with Gasteiger partial charge in [0.25, 0.3) is 5.91 Å². The number of hydrogen-bond acceptors (Lipinski definition) is 5. The van der Waals surface area contributed by atoms with Crippen molar-refractivity contribution in [2.45, 2.75) is 9.92 Å². The Morgan fingerprint density at radius 2 is 1.89 bits per heavy atom. The molecule has 0 aliphatic rings. The first-order valence-corrected chi connectivity index (χ1v) is 6.41. The Balaban J connectivity index is 2.16. The van der Waals surface area contributed by atoms with Gasteiger partial charge in [-0.2, -0.15) is 0 Å². The van der Waals surface area contributed by atoms with Gasteiger partial charge in [-0.15, -0.1) is 10.2 Å². The van der Waals surface area contributed by atoms with Gasteiger partial charge >= 0.3 is 0 Å². The normalized spacial score (nSPS) is 10.2. The first-order valence-electron chi connectivity index (χ1n) is 5.59. The average molecular weight is 275 g/mol. The van der Waals surface area contributed by atoms with E-state index in [0.29, 0.717) is 15.6 Å². The number of rotatable bonds is 3. The van der Waals surface area contributed by atoms with Crippen molar-refractivity contribution in [3.63, 3.8) is 0 Å². The molecule has 0 aliphatic carbocycles. The Labute approximate surface area is 115 Å². The molecule has 0 unspecified atom stereocenters. The standard InChI is InChI=1S/C13H13N3O2S/c1-16(2)13(18)9-7-8-12(15-14-9)19-11-6-4-3-5-10(11)17/h3-8,17H,1-2H3. The molecule has 2 aromatic rings. The highest BCUT2D eigenvalue weighted by atomic mass is 32.2. The molecule has 1 amide bonds. The molecular formula is C13H13N3O2S. The molecule has 0 atom stereocenters. The summed E-state index contributed by atoms with van der Waals surface area (Å²) in [5.41, 5.74) is 0.298. The van der Waals surface area contributed by atoms with Gasteiger partial charge in [0.1, 0.15) is 10.8 Å². The van der Waals surface area contributed by atoms with Crippen molar-refractivity contribution in [3.05, 3.63) is 42.1 Å². The van der Waals surface area contributed by atoms with Crippen LogP contribution in [-0.4, -0.2) is 40.2 Å². The van der Waals surface area contributed by atoms with Crippen LogP contribution in [0.4, 0.5) is 0 Å². The fourth-order valence-electron chi connectivity index (χ4n) is 1.37. The Hall–Kier alpha value is -2.08. The Morgan fingerprint density at radius 3 is 2.47 bits per heavy atom. The highest BCUT2D eigenvalue weighted by molar-refractivity contribution is 7.99. The summed E-state index contributed by atoms with van der Waals surface area (Å²) in [6.07, 6.45) is 0. The van der Waals surface area contributed by atoms with Crippen molar-refractivity contribution in [1.82, 2.24) is 15.1 Å². The maximum atomic E-state index is 11.6. The van der Waals surface area contributed by atoms with Crippen LogP contribution in [-0.2, 0) is 0 Å². The minimum Gasteiger partial charge on any atom is -0.507 e. The first kappa shape index (κ1) is 13.4. The van der Waals surface area contributed by atoms with E-state index in [1.807, 2.05) is 6.07 Å². The molecule has 0 saturated carbocycles. The number of aromatic hydroxyl groups is 1. The van der Waals surface area contributed by atoms with E-state index >= 15 is 0 Å². The number of phenols is 1. The van der Waals surface area contributed by atoms with Gasteiger partial charge in [0.2, 0.25) is 0 Å². The minimum atomic E-state index is -0.188. The smallest absolute Gasteiger partial charge is 0.273 e. The summed E-state index contributed by atoms with van der Waals surface area (Å²) >= 11 is 1.29. The van der Waals surface area contributed by atoms with Crippen molar-refractivity contribution in [3.8, 4) is 5.75 Å². The van der Waals surface area contributed by atoms with Crippen LogP contribution in [0.2, 0.25) is 0 Å². The molecule has 1 aromatic heterocycles. The summed E-state index contributed by atoms with van der Waals surface area (Å²) in [5, 5.41) is 18.1. The molecule has 2 rings (SSSR count). The third kappa shape index (κ3) is 3.23. The average Bonchev–Trinajstić information content (AvgIpc) is 2.41. The summed E-state index contributed by atoms with van der Waals surface area (Å²) in [6, 6.07) is 10.3. The second-order valence-corrected chi connectivity index (χ2v) is 5.09. The van der Waals surface area contributed by atoms with E-state index in [4.69, 9.17) is 0 Å². The molecule has 0 saturated heterocycles. The second-order valence-electron chi connectivity index (χ2n) is 4.03. The van der Waals surface area contributed by atoms with E-state index in [1.165, 1.54) is 16.7 Å². The van der Waals surface area contributed by atoms with Gasteiger partial charge in [0, 0.05) is 14.1 Å². The van der Waals surface area contributed by atoms with Crippen molar-refractivity contribution in [1.29, 1.82) is 0 Å². The summed E-state index contributed by atoms with van der Waals surface area (Å²) in [6.45, 7) is 0. The zero-order chi connectivity index (χ0) is 13.8. The zero-order valence-electron chi connectivity index (χ0n) is 10.6. The van der Waals surface area contributed by atoms with Crippen molar-refractivity contribution in [2.24, 2.45) is 0 Å². The van der Waals surface area contributed by atoms with E-state index in [9.17, 15) is 9.90 Å². The van der Waals surface area contributed by atoms with E-state index in [0.717, 1.165) is 0 Å². The Kier molecular flexibility index (Phi) is 4.01. The number of amides is 1. The highest BCUT2D eigenvalue weighted by Gasteiger charge is 2.11. The molecule has 1 aromatic carbocycles. The minimum absolute atomic E-state index is 0.188. The molecule has 1 heterocycles. The number of benzene rings is 1. The lowest BCUT2D eigenvalue weighted by molar-refractivity contribution is 0.0820. The molecule has 1 N–H and O–H groups in total. The van der Waals surface area contributed by atoms with Gasteiger partial charge in [-0.3, -0.25) is 4.79 Å². The molecular weight excluding hydrogens is 262 g/mol.